The number of piperazine rings is 1. The fraction of sp³-hybridized carbons (Fsp3) is 0.364. The van der Waals surface area contributed by atoms with E-state index in [9.17, 15) is 17.6 Å². The number of hydrogen-bond donors (Lipinski definition) is 2. The van der Waals surface area contributed by atoms with Crippen molar-refractivity contribution in [3.63, 3.8) is 0 Å². The molecule has 1 aliphatic rings. The third kappa shape index (κ3) is 2.78. The van der Waals surface area contributed by atoms with Gasteiger partial charge in [0.05, 0.1) is 5.02 Å². The number of rotatable bonds is 3. The van der Waals surface area contributed by atoms with E-state index in [0.29, 0.717) is 6.54 Å². The second-order valence-electron chi connectivity index (χ2n) is 4.31. The average molecular weight is 322 g/mol. The van der Waals surface area contributed by atoms with Crippen LogP contribution in [0.2, 0.25) is 5.02 Å². The third-order valence-corrected chi connectivity index (χ3v) is 5.39. The first-order valence-corrected chi connectivity index (χ1v) is 7.63. The van der Waals surface area contributed by atoms with Crippen LogP contribution in [0.1, 0.15) is 0 Å². The van der Waals surface area contributed by atoms with Crippen LogP contribution in [-0.2, 0) is 14.8 Å². The number of primary amides is 1. The molecule has 0 aromatic heterocycles. The Morgan fingerprint density at radius 1 is 1.50 bits per heavy atom. The SMILES string of the molecule is NC(=O)C1CNCCN1S(=O)(=O)c1cc(F)ccc1Cl. The van der Waals surface area contributed by atoms with Crippen LogP contribution in [0.4, 0.5) is 4.39 Å². The number of amides is 1. The van der Waals surface area contributed by atoms with Crippen LogP contribution >= 0.6 is 11.6 Å². The van der Waals surface area contributed by atoms with Gasteiger partial charge in [0.25, 0.3) is 0 Å². The highest BCUT2D eigenvalue weighted by atomic mass is 35.5. The van der Waals surface area contributed by atoms with Gasteiger partial charge in [-0.1, -0.05) is 11.6 Å². The fourth-order valence-electron chi connectivity index (χ4n) is 2.02. The fourth-order valence-corrected chi connectivity index (χ4v) is 4.10. The highest BCUT2D eigenvalue weighted by Gasteiger charge is 2.37. The van der Waals surface area contributed by atoms with Crippen LogP contribution in [0.15, 0.2) is 23.1 Å². The highest BCUT2D eigenvalue weighted by Crippen LogP contribution is 2.27. The number of carbonyl (C=O) groups excluding carboxylic acids is 1. The number of sulfonamides is 1. The van der Waals surface area contributed by atoms with Gasteiger partial charge in [-0.2, -0.15) is 4.31 Å². The third-order valence-electron chi connectivity index (χ3n) is 3.00. The molecule has 1 aromatic carbocycles. The topological polar surface area (TPSA) is 92.5 Å². The van der Waals surface area contributed by atoms with E-state index in [0.717, 1.165) is 22.5 Å². The van der Waals surface area contributed by atoms with Crippen LogP contribution in [0.25, 0.3) is 0 Å². The molecule has 1 unspecified atom stereocenters. The zero-order valence-corrected chi connectivity index (χ0v) is 11.9. The van der Waals surface area contributed by atoms with E-state index < -0.39 is 27.8 Å². The molecule has 0 aliphatic carbocycles. The first kappa shape index (κ1) is 15.2. The summed E-state index contributed by atoms with van der Waals surface area (Å²) in [6, 6.07) is 2.03. The number of halogens is 2. The molecule has 20 heavy (non-hydrogen) atoms. The summed E-state index contributed by atoms with van der Waals surface area (Å²) in [5, 5.41) is 2.78. The molecular formula is C11H13ClFN3O3S. The molecule has 1 saturated heterocycles. The molecule has 1 fully saturated rings. The second-order valence-corrected chi connectivity index (χ2v) is 6.58. The Labute approximate surface area is 120 Å². The zero-order valence-electron chi connectivity index (χ0n) is 10.3. The summed E-state index contributed by atoms with van der Waals surface area (Å²) in [4.78, 5) is 11.0. The van der Waals surface area contributed by atoms with Gasteiger partial charge in [0.1, 0.15) is 16.8 Å². The van der Waals surface area contributed by atoms with E-state index in [1.807, 2.05) is 0 Å². The molecular weight excluding hydrogens is 309 g/mol. The Balaban J connectivity index is 2.47. The molecule has 0 spiro atoms. The van der Waals surface area contributed by atoms with Crippen molar-refractivity contribution in [1.82, 2.24) is 9.62 Å². The first-order valence-electron chi connectivity index (χ1n) is 5.81. The highest BCUT2D eigenvalue weighted by molar-refractivity contribution is 7.89. The maximum Gasteiger partial charge on any atom is 0.245 e. The van der Waals surface area contributed by atoms with Crippen molar-refractivity contribution in [2.75, 3.05) is 19.6 Å². The van der Waals surface area contributed by atoms with Gasteiger partial charge in [0.2, 0.25) is 15.9 Å². The zero-order chi connectivity index (χ0) is 14.9. The van der Waals surface area contributed by atoms with Crippen LogP contribution in [0, 0.1) is 5.82 Å². The van der Waals surface area contributed by atoms with E-state index in [4.69, 9.17) is 17.3 Å². The van der Waals surface area contributed by atoms with Gasteiger partial charge in [-0.25, -0.2) is 12.8 Å². The van der Waals surface area contributed by atoms with E-state index in [-0.39, 0.29) is 23.0 Å². The number of benzene rings is 1. The quantitative estimate of drug-likeness (QED) is 0.815. The van der Waals surface area contributed by atoms with Crippen molar-refractivity contribution >= 4 is 27.5 Å². The number of hydrogen-bond acceptors (Lipinski definition) is 4. The molecule has 0 saturated carbocycles. The molecule has 2 rings (SSSR count). The Morgan fingerprint density at radius 2 is 2.20 bits per heavy atom. The van der Waals surface area contributed by atoms with Crippen molar-refractivity contribution in [3.8, 4) is 0 Å². The van der Waals surface area contributed by atoms with Crippen molar-refractivity contribution in [2.24, 2.45) is 5.73 Å². The van der Waals surface area contributed by atoms with E-state index in [1.54, 1.807) is 0 Å². The van der Waals surface area contributed by atoms with Crippen molar-refractivity contribution < 1.29 is 17.6 Å². The predicted molar refractivity (Wildman–Crippen MR) is 71.2 cm³/mol. The lowest BCUT2D eigenvalue weighted by molar-refractivity contribution is -0.122. The Kier molecular flexibility index (Phi) is 4.28. The maximum atomic E-state index is 13.3. The summed E-state index contributed by atoms with van der Waals surface area (Å²) >= 11 is 5.82. The number of nitrogens with one attached hydrogen (secondary N) is 1. The van der Waals surface area contributed by atoms with Crippen LogP contribution in [0.5, 0.6) is 0 Å². The lowest BCUT2D eigenvalue weighted by atomic mass is 10.2. The lowest BCUT2D eigenvalue weighted by Gasteiger charge is -2.33. The molecule has 0 radical (unpaired) electrons. The van der Waals surface area contributed by atoms with Gasteiger partial charge in [0, 0.05) is 19.6 Å². The Bertz CT molecular complexity index is 638. The maximum absolute atomic E-state index is 13.3. The monoisotopic (exact) mass is 321 g/mol. The lowest BCUT2D eigenvalue weighted by Crippen LogP contribution is -2.58. The summed E-state index contributed by atoms with van der Waals surface area (Å²) in [5.74, 6) is -1.49. The molecule has 1 heterocycles. The average Bonchev–Trinajstić information content (AvgIpc) is 2.41. The van der Waals surface area contributed by atoms with Crippen LogP contribution in [0.3, 0.4) is 0 Å². The number of nitrogens with zero attached hydrogens (tertiary/aromatic N) is 1. The number of nitrogens with two attached hydrogens (primary N) is 1. The first-order chi connectivity index (χ1) is 9.34. The standard InChI is InChI=1S/C11H13ClFN3O3S/c12-8-2-1-7(13)5-10(8)20(18,19)16-4-3-15-6-9(16)11(14)17/h1-2,5,9,15H,3-4,6H2,(H2,14,17). The summed E-state index contributed by atoms with van der Waals surface area (Å²) in [5.41, 5.74) is 5.21. The number of carbonyl (C=O) groups is 1. The molecule has 1 aromatic rings. The largest absolute Gasteiger partial charge is 0.368 e. The minimum Gasteiger partial charge on any atom is -0.368 e. The van der Waals surface area contributed by atoms with E-state index >= 15 is 0 Å². The van der Waals surface area contributed by atoms with E-state index in [1.165, 1.54) is 0 Å². The molecule has 1 amide bonds. The molecule has 9 heteroatoms. The van der Waals surface area contributed by atoms with Gasteiger partial charge >= 0.3 is 0 Å². The van der Waals surface area contributed by atoms with Crippen LogP contribution in [-0.4, -0.2) is 44.3 Å². The second kappa shape index (κ2) is 5.65. The van der Waals surface area contributed by atoms with Gasteiger partial charge in [-0.15, -0.1) is 0 Å². The molecule has 0 bridgehead atoms. The Hall–Kier alpha value is -1.22. The molecule has 1 atom stereocenters. The molecule has 6 nitrogen and oxygen atoms in total. The summed E-state index contributed by atoms with van der Waals surface area (Å²) in [6.45, 7) is 0.542. The smallest absolute Gasteiger partial charge is 0.245 e. The van der Waals surface area contributed by atoms with Gasteiger partial charge in [-0.05, 0) is 18.2 Å². The Morgan fingerprint density at radius 3 is 2.85 bits per heavy atom. The van der Waals surface area contributed by atoms with Crippen molar-refractivity contribution in [2.45, 2.75) is 10.9 Å². The molecule has 3 N–H and O–H groups in total. The van der Waals surface area contributed by atoms with Crippen molar-refractivity contribution in [1.29, 1.82) is 0 Å². The molecule has 1 aliphatic heterocycles. The van der Waals surface area contributed by atoms with Gasteiger partial charge in [-0.3, -0.25) is 4.79 Å². The summed E-state index contributed by atoms with van der Waals surface area (Å²) in [6.07, 6.45) is 0. The van der Waals surface area contributed by atoms with E-state index in [2.05, 4.69) is 5.32 Å². The van der Waals surface area contributed by atoms with Gasteiger partial charge < -0.3 is 11.1 Å². The summed E-state index contributed by atoms with van der Waals surface area (Å²) < 4.78 is 39.2. The minimum absolute atomic E-state index is 0.0583. The minimum atomic E-state index is -4.09. The normalized spacial score (nSPS) is 20.8. The molecule has 110 valence electrons. The van der Waals surface area contributed by atoms with Crippen molar-refractivity contribution in [3.05, 3.63) is 29.0 Å². The summed E-state index contributed by atoms with van der Waals surface area (Å²) in [7, 11) is -4.09. The van der Waals surface area contributed by atoms with Crippen LogP contribution < -0.4 is 11.1 Å². The predicted octanol–water partition coefficient (Wildman–Crippen LogP) is -0.0731. The van der Waals surface area contributed by atoms with Gasteiger partial charge in [0.15, 0.2) is 0 Å².